The molecule has 3 rings (SSSR count). The number of hydrogen-bond donors (Lipinski definition) is 0. The van der Waals surface area contributed by atoms with Crippen molar-refractivity contribution in [1.82, 2.24) is 0 Å². The Bertz CT molecular complexity index is 883. The van der Waals surface area contributed by atoms with Crippen LogP contribution >= 0.6 is 0 Å². The van der Waals surface area contributed by atoms with Crippen LogP contribution in [0.2, 0.25) is 0 Å². The van der Waals surface area contributed by atoms with Gasteiger partial charge >= 0.3 is 5.97 Å². The molecule has 5 nitrogen and oxygen atoms in total. The minimum atomic E-state index is -1.15. The summed E-state index contributed by atoms with van der Waals surface area (Å²) in [5.41, 5.74) is 2.19. The Morgan fingerprint density at radius 2 is 1.71 bits per heavy atom. The Kier molecular flexibility index (Phi) is 5.63. The lowest BCUT2D eigenvalue weighted by Crippen LogP contribution is -2.38. The maximum Gasteiger partial charge on any atom is 0.381 e. The maximum atomic E-state index is 12.7. The van der Waals surface area contributed by atoms with Crippen LogP contribution in [0, 0.1) is 5.41 Å². The molecule has 2 aromatic rings. The molecule has 0 N–H and O–H groups in total. The molecule has 0 radical (unpaired) electrons. The molecular weight excluding hydrogens is 352 g/mol. The normalized spacial score (nSPS) is 19.7. The van der Waals surface area contributed by atoms with Crippen LogP contribution in [0.25, 0.3) is 0 Å². The van der Waals surface area contributed by atoms with Gasteiger partial charge in [-0.2, -0.15) is 0 Å². The molecule has 1 aliphatic heterocycles. The number of carbonyl (C=O) groups excluding carboxylic acids is 1. The van der Waals surface area contributed by atoms with E-state index in [1.165, 1.54) is 0 Å². The predicted molar refractivity (Wildman–Crippen MR) is 110 cm³/mol. The van der Waals surface area contributed by atoms with Crippen molar-refractivity contribution in [3.8, 4) is 0 Å². The van der Waals surface area contributed by atoms with E-state index in [0.29, 0.717) is 18.6 Å². The van der Waals surface area contributed by atoms with Gasteiger partial charge in [-0.05, 0) is 18.1 Å². The molecule has 28 heavy (non-hydrogen) atoms. The molecule has 1 unspecified atom stereocenters. The number of rotatable bonds is 5. The molecule has 0 bridgehead atoms. The molecule has 0 aromatic heterocycles. The van der Waals surface area contributed by atoms with Gasteiger partial charge in [0.25, 0.3) is 0 Å². The van der Waals surface area contributed by atoms with Crippen molar-refractivity contribution in [2.75, 3.05) is 0 Å². The molecule has 1 heterocycles. The molecule has 146 valence electrons. The van der Waals surface area contributed by atoms with Gasteiger partial charge in [0.15, 0.2) is 0 Å². The van der Waals surface area contributed by atoms with E-state index in [-0.39, 0.29) is 5.41 Å². The van der Waals surface area contributed by atoms with E-state index in [1.54, 1.807) is 6.92 Å². The summed E-state index contributed by atoms with van der Waals surface area (Å²) in [5.74, 6) is -0.544. The van der Waals surface area contributed by atoms with Gasteiger partial charge in [-0.15, -0.1) is 0 Å². The molecular formula is C23H26N2O3. The topological polar surface area (TPSA) is 60.2 Å². The third kappa shape index (κ3) is 4.66. The molecule has 1 aliphatic rings. The fraction of sp³-hybridized carbons (Fsp3) is 0.348. The minimum absolute atomic E-state index is 0.163. The Labute approximate surface area is 166 Å². The van der Waals surface area contributed by atoms with Crippen molar-refractivity contribution in [2.45, 2.75) is 46.1 Å². The minimum Gasteiger partial charge on any atom is -0.377 e. The fourth-order valence-corrected chi connectivity index (χ4v) is 2.85. The van der Waals surface area contributed by atoms with Crippen LogP contribution in [0.1, 0.15) is 45.2 Å². The molecule has 0 fully saturated rings. The summed E-state index contributed by atoms with van der Waals surface area (Å²) in [7, 11) is 0. The Morgan fingerprint density at radius 3 is 2.29 bits per heavy atom. The number of carbonyl (C=O) groups is 1. The van der Waals surface area contributed by atoms with Crippen molar-refractivity contribution >= 4 is 17.4 Å². The van der Waals surface area contributed by atoms with E-state index in [0.717, 1.165) is 16.8 Å². The van der Waals surface area contributed by atoms with Crippen LogP contribution in [-0.2, 0) is 20.9 Å². The van der Waals surface area contributed by atoms with Crippen molar-refractivity contribution < 1.29 is 14.5 Å². The summed E-state index contributed by atoms with van der Waals surface area (Å²) >= 11 is 0. The lowest BCUT2D eigenvalue weighted by molar-refractivity contribution is -0.167. The average Bonchev–Trinajstić information content (AvgIpc) is 3.10. The lowest BCUT2D eigenvalue weighted by atomic mass is 9.84. The average molecular weight is 378 g/mol. The first-order valence-corrected chi connectivity index (χ1v) is 9.41. The largest absolute Gasteiger partial charge is 0.381 e. The van der Waals surface area contributed by atoms with Gasteiger partial charge in [0, 0.05) is 18.3 Å². The zero-order chi connectivity index (χ0) is 20.2. The van der Waals surface area contributed by atoms with E-state index in [1.807, 2.05) is 81.4 Å². The highest BCUT2D eigenvalue weighted by atomic mass is 16.7. The molecule has 5 heteroatoms. The van der Waals surface area contributed by atoms with Crippen LogP contribution in [0.15, 0.2) is 71.0 Å². The van der Waals surface area contributed by atoms with E-state index in [4.69, 9.17) is 9.68 Å². The molecule has 0 amide bonds. The first-order valence-electron chi connectivity index (χ1n) is 9.41. The first kappa shape index (κ1) is 19.8. The Morgan fingerprint density at radius 1 is 1.11 bits per heavy atom. The third-order valence-electron chi connectivity index (χ3n) is 4.72. The molecule has 0 aliphatic carbocycles. The lowest BCUT2D eigenvalue weighted by Gasteiger charge is -2.20. The molecule has 0 saturated heterocycles. The summed E-state index contributed by atoms with van der Waals surface area (Å²) in [6, 6.07) is 19.7. The summed E-state index contributed by atoms with van der Waals surface area (Å²) in [4.78, 5) is 23.5. The van der Waals surface area contributed by atoms with Gasteiger partial charge in [-0.25, -0.2) is 4.79 Å². The second-order valence-electron chi connectivity index (χ2n) is 8.23. The fourth-order valence-electron chi connectivity index (χ4n) is 2.85. The summed E-state index contributed by atoms with van der Waals surface area (Å²) < 4.78 is 0. The Hall–Kier alpha value is -2.95. The van der Waals surface area contributed by atoms with Gasteiger partial charge in [0.2, 0.25) is 5.60 Å². The van der Waals surface area contributed by atoms with Crippen LogP contribution < -0.4 is 0 Å². The van der Waals surface area contributed by atoms with Crippen molar-refractivity contribution in [2.24, 2.45) is 15.7 Å². The van der Waals surface area contributed by atoms with E-state index in [2.05, 4.69) is 10.3 Å². The number of benzene rings is 2. The maximum absolute atomic E-state index is 12.7. The Balaban J connectivity index is 1.77. The van der Waals surface area contributed by atoms with Crippen molar-refractivity contribution in [3.05, 3.63) is 71.8 Å². The molecule has 0 saturated carbocycles. The van der Waals surface area contributed by atoms with Crippen LogP contribution in [0.5, 0.6) is 0 Å². The zero-order valence-electron chi connectivity index (χ0n) is 16.8. The van der Waals surface area contributed by atoms with Gasteiger partial charge in [-0.3, -0.25) is 0 Å². The second-order valence-corrected chi connectivity index (χ2v) is 8.23. The molecule has 2 aromatic carbocycles. The highest BCUT2D eigenvalue weighted by Gasteiger charge is 2.46. The highest BCUT2D eigenvalue weighted by molar-refractivity contribution is 6.02. The zero-order valence-corrected chi connectivity index (χ0v) is 16.8. The SMILES string of the molecule is CC(C)(C)C1=NOC(C)(C(=O)O/N=C(\Cc2ccccc2)c2ccccc2)C1. The second kappa shape index (κ2) is 7.97. The third-order valence-corrected chi connectivity index (χ3v) is 4.72. The van der Waals surface area contributed by atoms with E-state index >= 15 is 0 Å². The predicted octanol–water partition coefficient (Wildman–Crippen LogP) is 4.76. The monoisotopic (exact) mass is 378 g/mol. The van der Waals surface area contributed by atoms with Gasteiger partial charge < -0.3 is 9.68 Å². The van der Waals surface area contributed by atoms with E-state index < -0.39 is 11.6 Å². The van der Waals surface area contributed by atoms with Gasteiger partial charge in [0.1, 0.15) is 0 Å². The quantitative estimate of drug-likeness (QED) is 0.428. The van der Waals surface area contributed by atoms with Gasteiger partial charge in [-0.1, -0.05) is 91.7 Å². The van der Waals surface area contributed by atoms with Gasteiger partial charge in [0.05, 0.1) is 11.4 Å². The molecule has 1 atom stereocenters. The van der Waals surface area contributed by atoms with E-state index in [9.17, 15) is 4.79 Å². The van der Waals surface area contributed by atoms with Crippen LogP contribution in [0.3, 0.4) is 0 Å². The van der Waals surface area contributed by atoms with Crippen molar-refractivity contribution in [3.63, 3.8) is 0 Å². The van der Waals surface area contributed by atoms with Crippen LogP contribution in [0.4, 0.5) is 0 Å². The standard InChI is InChI=1S/C23H26N2O3/c1-22(2,3)20-16-23(4,28-25-20)21(26)27-24-19(18-13-9-6-10-14-18)15-17-11-7-5-8-12-17/h5-14H,15-16H2,1-4H3/b24-19+. The van der Waals surface area contributed by atoms with Crippen molar-refractivity contribution in [1.29, 1.82) is 0 Å². The smallest absolute Gasteiger partial charge is 0.377 e. The summed E-state index contributed by atoms with van der Waals surface area (Å²) in [5, 5.41) is 8.30. The highest BCUT2D eigenvalue weighted by Crippen LogP contribution is 2.32. The van der Waals surface area contributed by atoms with Crippen LogP contribution in [-0.4, -0.2) is 23.0 Å². The number of hydrogen-bond acceptors (Lipinski definition) is 5. The first-order chi connectivity index (χ1) is 13.3. The summed E-state index contributed by atoms with van der Waals surface area (Å²) in [6.45, 7) is 7.81. The number of nitrogens with zero attached hydrogens (tertiary/aromatic N) is 2. The molecule has 0 spiro atoms. The summed E-state index contributed by atoms with van der Waals surface area (Å²) in [6.07, 6.45) is 0.948. The number of oxime groups is 2.